The van der Waals surface area contributed by atoms with Gasteiger partial charge in [0.1, 0.15) is 6.10 Å². The first-order chi connectivity index (χ1) is 16.6. The topological polar surface area (TPSA) is 254 Å². The van der Waals surface area contributed by atoms with E-state index in [1.807, 2.05) is 0 Å². The smallest absolute Gasteiger partial charge is 0.466 e. The Morgan fingerprint density at radius 1 is 0.667 bits per heavy atom. The monoisotopic (exact) mass is 570 g/mol. The number of carbonyl (C=O) groups is 1. The molecule has 0 aliphatic heterocycles. The van der Waals surface area contributed by atoms with Gasteiger partial charge < -0.3 is 49.8 Å². The summed E-state index contributed by atoms with van der Waals surface area (Å²) in [7, 11) is -9.28. The number of carboxylic acid groups (broad SMARTS) is 1. The van der Waals surface area contributed by atoms with Crippen LogP contribution in [0.4, 0.5) is 0 Å². The van der Waals surface area contributed by atoms with Gasteiger partial charge >= 0.3 is 21.6 Å². The second-order valence-electron chi connectivity index (χ2n) is 7.77. The first kappa shape index (κ1) is 42.4. The molecular formula is C21H48O13P2. The van der Waals surface area contributed by atoms with Gasteiger partial charge in [0.15, 0.2) is 0 Å². The molecule has 0 heterocycles. The van der Waals surface area contributed by atoms with Gasteiger partial charge in [-0.3, -0.25) is 4.79 Å². The summed E-state index contributed by atoms with van der Waals surface area (Å²) in [4.78, 5) is 53.4. The number of aliphatic hydroxyl groups excluding tert-OH is 3. The number of allylic oxidation sites excluding steroid dienone is 2. The molecule has 220 valence electrons. The van der Waals surface area contributed by atoms with Crippen LogP contribution in [-0.4, -0.2) is 75.1 Å². The Bertz CT molecular complexity index is 536. The van der Waals surface area contributed by atoms with E-state index < -0.39 is 27.7 Å². The van der Waals surface area contributed by atoms with Crippen LogP contribution in [0.2, 0.25) is 0 Å². The molecular weight excluding hydrogens is 522 g/mol. The Balaban J connectivity index is -0.000000258. The molecule has 0 fully saturated rings. The van der Waals surface area contributed by atoms with E-state index in [9.17, 15) is 4.79 Å². The van der Waals surface area contributed by atoms with Crippen molar-refractivity contribution in [3.8, 4) is 0 Å². The Labute approximate surface area is 214 Å². The SMILES string of the molecule is CCCCCCCCC=CCCCCCCCC(=O)O.O=P(O)(O)O.O=P(O)(O)O.OCC(O)CO. The molecule has 0 aliphatic carbocycles. The largest absolute Gasteiger partial charge is 0.481 e. The maximum absolute atomic E-state index is 10.3. The number of aliphatic carboxylic acids is 1. The predicted octanol–water partition coefficient (Wildman–Crippen LogP) is 2.58. The highest BCUT2D eigenvalue weighted by atomic mass is 31.2. The highest BCUT2D eigenvalue weighted by Gasteiger charge is 2.00. The molecule has 0 amide bonds. The van der Waals surface area contributed by atoms with E-state index >= 15 is 0 Å². The van der Waals surface area contributed by atoms with Crippen LogP contribution < -0.4 is 0 Å². The van der Waals surface area contributed by atoms with Crippen LogP contribution in [0.25, 0.3) is 0 Å². The molecule has 0 aromatic carbocycles. The van der Waals surface area contributed by atoms with Crippen molar-refractivity contribution in [2.24, 2.45) is 0 Å². The maximum atomic E-state index is 10.3. The molecule has 0 aromatic rings. The fourth-order valence-electron chi connectivity index (χ4n) is 2.40. The summed E-state index contributed by atoms with van der Waals surface area (Å²) in [6, 6.07) is 0. The van der Waals surface area contributed by atoms with E-state index in [1.165, 1.54) is 70.6 Å². The van der Waals surface area contributed by atoms with Crippen LogP contribution in [-0.2, 0) is 13.9 Å². The standard InChI is InChI=1S/C18H34O2.C3H8O3.2H3O4P/c1-2-3-4-5-6-7-8-9-10-11-12-13-14-15-16-17-18(19)20;4-1-3(6)2-5;2*1-5(2,3)4/h9-10H,2-8,11-17H2,1H3,(H,19,20);3-6H,1-2H2;2*(H3,1,2,3,4). The van der Waals surface area contributed by atoms with Gasteiger partial charge in [-0.05, 0) is 32.1 Å². The van der Waals surface area contributed by atoms with E-state index in [4.69, 9.17) is 58.9 Å². The van der Waals surface area contributed by atoms with Crippen molar-refractivity contribution in [3.63, 3.8) is 0 Å². The van der Waals surface area contributed by atoms with Gasteiger partial charge in [-0.1, -0.05) is 70.4 Å². The minimum Gasteiger partial charge on any atom is -0.481 e. The number of rotatable bonds is 17. The Morgan fingerprint density at radius 2 is 0.972 bits per heavy atom. The van der Waals surface area contributed by atoms with Crippen LogP contribution in [0.3, 0.4) is 0 Å². The van der Waals surface area contributed by atoms with Crippen LogP contribution in [0, 0.1) is 0 Å². The van der Waals surface area contributed by atoms with Crippen molar-refractivity contribution in [2.45, 2.75) is 103 Å². The molecule has 0 bridgehead atoms. The normalized spacial score (nSPS) is 11.2. The van der Waals surface area contributed by atoms with E-state index in [2.05, 4.69) is 19.1 Å². The second kappa shape index (κ2) is 30.5. The summed E-state index contributed by atoms with van der Waals surface area (Å²) in [6.07, 6.45) is 20.3. The van der Waals surface area contributed by atoms with Crippen molar-refractivity contribution in [2.75, 3.05) is 13.2 Å². The zero-order valence-corrected chi connectivity index (χ0v) is 22.9. The summed E-state index contributed by atoms with van der Waals surface area (Å²) in [6.45, 7) is 1.53. The zero-order valence-electron chi connectivity index (χ0n) is 21.1. The third kappa shape index (κ3) is 84.3. The van der Waals surface area contributed by atoms with Crippen LogP contribution in [0.1, 0.15) is 96.8 Å². The lowest BCUT2D eigenvalue weighted by Crippen LogP contribution is -2.15. The van der Waals surface area contributed by atoms with Crippen LogP contribution in [0.5, 0.6) is 0 Å². The van der Waals surface area contributed by atoms with E-state index in [1.54, 1.807) is 0 Å². The average Bonchev–Trinajstić information content (AvgIpc) is 2.73. The van der Waals surface area contributed by atoms with Crippen LogP contribution >= 0.6 is 15.6 Å². The van der Waals surface area contributed by atoms with Crippen molar-refractivity contribution < 1.29 is 63.7 Å². The van der Waals surface area contributed by atoms with Crippen molar-refractivity contribution in [1.29, 1.82) is 0 Å². The van der Waals surface area contributed by atoms with Gasteiger partial charge in [0.05, 0.1) is 13.2 Å². The van der Waals surface area contributed by atoms with E-state index in [-0.39, 0.29) is 13.2 Å². The molecule has 15 heteroatoms. The first-order valence-electron chi connectivity index (χ1n) is 11.9. The molecule has 36 heavy (non-hydrogen) atoms. The minimum atomic E-state index is -4.64. The van der Waals surface area contributed by atoms with E-state index in [0.717, 1.165) is 12.8 Å². The Morgan fingerprint density at radius 3 is 1.25 bits per heavy atom. The number of carboxylic acids is 1. The molecule has 0 rings (SSSR count). The average molecular weight is 571 g/mol. The number of aliphatic hydroxyl groups is 3. The highest BCUT2D eigenvalue weighted by molar-refractivity contribution is 7.45. The number of unbranched alkanes of at least 4 members (excludes halogenated alkanes) is 11. The summed E-state index contributed by atoms with van der Waals surface area (Å²) < 4.78 is 17.8. The van der Waals surface area contributed by atoms with Gasteiger partial charge in [-0.15, -0.1) is 0 Å². The maximum Gasteiger partial charge on any atom is 0.466 e. The van der Waals surface area contributed by atoms with Crippen LogP contribution in [0.15, 0.2) is 12.2 Å². The number of hydrogen-bond donors (Lipinski definition) is 10. The molecule has 10 N–H and O–H groups in total. The van der Waals surface area contributed by atoms with Gasteiger partial charge in [-0.2, -0.15) is 0 Å². The van der Waals surface area contributed by atoms with Crippen molar-refractivity contribution in [1.82, 2.24) is 0 Å². The molecule has 13 nitrogen and oxygen atoms in total. The Kier molecular flexibility index (Phi) is 36.0. The summed E-state index contributed by atoms with van der Waals surface area (Å²) in [5.41, 5.74) is 0. The first-order valence-corrected chi connectivity index (χ1v) is 15.0. The predicted molar refractivity (Wildman–Crippen MR) is 136 cm³/mol. The fourth-order valence-corrected chi connectivity index (χ4v) is 2.40. The molecule has 0 saturated heterocycles. The molecule has 0 atom stereocenters. The number of phosphoric acid groups is 2. The molecule has 0 saturated carbocycles. The quantitative estimate of drug-likeness (QED) is 0.0686. The van der Waals surface area contributed by atoms with Crippen molar-refractivity contribution in [3.05, 3.63) is 12.2 Å². The summed E-state index contributed by atoms with van der Waals surface area (Å²) in [5.74, 6) is -0.664. The summed E-state index contributed by atoms with van der Waals surface area (Å²) in [5, 5.41) is 32.5. The van der Waals surface area contributed by atoms with Gasteiger partial charge in [-0.25, -0.2) is 9.13 Å². The lowest BCUT2D eigenvalue weighted by molar-refractivity contribution is -0.137. The lowest BCUT2D eigenvalue weighted by Gasteiger charge is -1.99. The molecule has 0 unspecified atom stereocenters. The fraction of sp³-hybridized carbons (Fsp3) is 0.857. The molecule has 0 spiro atoms. The number of hydrogen-bond acceptors (Lipinski definition) is 6. The van der Waals surface area contributed by atoms with Gasteiger partial charge in [0.25, 0.3) is 0 Å². The third-order valence-electron chi connectivity index (χ3n) is 4.07. The molecule has 0 aromatic heterocycles. The van der Waals surface area contributed by atoms with Crippen molar-refractivity contribution >= 4 is 21.6 Å². The lowest BCUT2D eigenvalue weighted by atomic mass is 10.1. The third-order valence-corrected chi connectivity index (χ3v) is 4.07. The summed E-state index contributed by atoms with van der Waals surface area (Å²) >= 11 is 0. The van der Waals surface area contributed by atoms with Gasteiger partial charge in [0, 0.05) is 6.42 Å². The molecule has 0 radical (unpaired) electrons. The minimum absolute atomic E-state index is 0.332. The second-order valence-corrected chi connectivity index (χ2v) is 9.83. The van der Waals surface area contributed by atoms with E-state index in [0.29, 0.717) is 6.42 Å². The highest BCUT2D eigenvalue weighted by Crippen LogP contribution is 2.26. The molecule has 0 aliphatic rings. The Hall–Kier alpha value is -0.690. The van der Waals surface area contributed by atoms with Gasteiger partial charge in [0.2, 0.25) is 0 Å². The zero-order chi connectivity index (χ0) is 28.9.